The summed E-state index contributed by atoms with van der Waals surface area (Å²) in [5.74, 6) is -0.180. The minimum absolute atomic E-state index is 0. The summed E-state index contributed by atoms with van der Waals surface area (Å²) < 4.78 is 12.9. The molecule has 0 atom stereocenters. The Bertz CT molecular complexity index is 636. The van der Waals surface area contributed by atoms with Crippen molar-refractivity contribution < 1.29 is 14.0 Å². The average molecular weight is 450 g/mol. The number of anilines is 1. The molecule has 0 unspecified atom stereocenters. The lowest BCUT2D eigenvalue weighted by atomic mass is 10.2. The Morgan fingerprint density at radius 1 is 0.931 bits per heavy atom. The first-order valence-electron chi connectivity index (χ1n) is 9.59. The highest BCUT2D eigenvalue weighted by Crippen LogP contribution is 2.09. The summed E-state index contributed by atoms with van der Waals surface area (Å²) in [5, 5.41) is 6.04. The fraction of sp³-hybridized carbons (Fsp3) is 0.579. The van der Waals surface area contributed by atoms with Crippen LogP contribution in [0.25, 0.3) is 0 Å². The predicted molar refractivity (Wildman–Crippen MR) is 116 cm³/mol. The van der Waals surface area contributed by atoms with Crippen molar-refractivity contribution >= 4 is 42.3 Å². The van der Waals surface area contributed by atoms with Gasteiger partial charge in [-0.05, 0) is 24.3 Å². The lowest BCUT2D eigenvalue weighted by molar-refractivity contribution is -0.132. The molecule has 2 amide bonds. The highest BCUT2D eigenvalue weighted by Gasteiger charge is 2.21. The van der Waals surface area contributed by atoms with E-state index in [0.29, 0.717) is 18.7 Å². The third-order valence-corrected chi connectivity index (χ3v) is 5.07. The number of hydrogen-bond acceptors (Lipinski definition) is 5. The molecular weight excluding hydrogens is 420 g/mol. The number of nitrogens with zero attached hydrogens (tertiary/aromatic N) is 3. The highest BCUT2D eigenvalue weighted by molar-refractivity contribution is 5.92. The zero-order chi connectivity index (χ0) is 19.1. The first-order chi connectivity index (χ1) is 13.1. The number of halogens is 3. The number of nitrogens with one attached hydrogen (secondary N) is 2. The maximum Gasteiger partial charge on any atom is 0.238 e. The maximum atomic E-state index is 12.9. The smallest absolute Gasteiger partial charge is 0.238 e. The summed E-state index contributed by atoms with van der Waals surface area (Å²) >= 11 is 0. The molecule has 1 aromatic rings. The average Bonchev–Trinajstić information content (AvgIpc) is 2.69. The van der Waals surface area contributed by atoms with Crippen LogP contribution in [0.2, 0.25) is 0 Å². The van der Waals surface area contributed by atoms with Crippen LogP contribution in [0.4, 0.5) is 10.1 Å². The molecule has 10 heteroatoms. The van der Waals surface area contributed by atoms with Gasteiger partial charge in [0.25, 0.3) is 0 Å². The Morgan fingerprint density at radius 3 is 2.14 bits per heavy atom. The molecule has 0 spiro atoms. The van der Waals surface area contributed by atoms with E-state index in [1.54, 1.807) is 12.1 Å². The van der Waals surface area contributed by atoms with E-state index in [1.165, 1.54) is 12.1 Å². The molecule has 2 N–H and O–H groups in total. The molecule has 2 heterocycles. The van der Waals surface area contributed by atoms with Gasteiger partial charge in [0, 0.05) is 71.0 Å². The number of piperazine rings is 2. The summed E-state index contributed by atoms with van der Waals surface area (Å²) in [6.45, 7) is 7.79. The van der Waals surface area contributed by atoms with E-state index in [2.05, 4.69) is 20.4 Å². The van der Waals surface area contributed by atoms with Crippen molar-refractivity contribution in [3.8, 4) is 0 Å². The minimum Gasteiger partial charge on any atom is -0.340 e. The molecular formula is C19H30Cl2FN5O2. The van der Waals surface area contributed by atoms with Gasteiger partial charge in [0.05, 0.1) is 6.54 Å². The van der Waals surface area contributed by atoms with E-state index in [1.807, 2.05) is 4.90 Å². The SMILES string of the molecule is Cl.Cl.O=C(CN1CCN(CCC(=O)N2CCNCC2)CC1)Nc1ccc(F)cc1. The molecule has 2 aliphatic rings. The largest absolute Gasteiger partial charge is 0.340 e. The quantitative estimate of drug-likeness (QED) is 0.679. The van der Waals surface area contributed by atoms with Gasteiger partial charge < -0.3 is 20.4 Å². The number of amides is 2. The van der Waals surface area contributed by atoms with Crippen LogP contribution in [0.5, 0.6) is 0 Å². The number of rotatable bonds is 6. The normalized spacial score (nSPS) is 17.8. The zero-order valence-corrected chi connectivity index (χ0v) is 18.1. The molecule has 2 aliphatic heterocycles. The third kappa shape index (κ3) is 8.44. The fourth-order valence-corrected chi connectivity index (χ4v) is 3.43. The molecule has 164 valence electrons. The predicted octanol–water partition coefficient (Wildman–Crippen LogP) is 1.05. The van der Waals surface area contributed by atoms with Crippen molar-refractivity contribution in [3.05, 3.63) is 30.1 Å². The van der Waals surface area contributed by atoms with Crippen LogP contribution in [0, 0.1) is 5.82 Å². The van der Waals surface area contributed by atoms with Gasteiger partial charge in [-0.25, -0.2) is 4.39 Å². The van der Waals surface area contributed by atoms with E-state index >= 15 is 0 Å². The Balaban J connectivity index is 0.00000210. The Kier molecular flexibility index (Phi) is 11.4. The van der Waals surface area contributed by atoms with E-state index in [4.69, 9.17) is 0 Å². The summed E-state index contributed by atoms with van der Waals surface area (Å²) in [6, 6.07) is 5.77. The van der Waals surface area contributed by atoms with Crippen LogP contribution < -0.4 is 10.6 Å². The third-order valence-electron chi connectivity index (χ3n) is 5.07. The van der Waals surface area contributed by atoms with Crippen molar-refractivity contribution in [1.82, 2.24) is 20.0 Å². The number of benzene rings is 1. The van der Waals surface area contributed by atoms with E-state index < -0.39 is 0 Å². The monoisotopic (exact) mass is 449 g/mol. The number of hydrogen-bond donors (Lipinski definition) is 2. The Hall–Kier alpha value is -1.45. The summed E-state index contributed by atoms with van der Waals surface area (Å²) in [4.78, 5) is 30.7. The van der Waals surface area contributed by atoms with E-state index in [0.717, 1.165) is 58.9 Å². The second kappa shape index (κ2) is 13.0. The number of carbonyl (C=O) groups excluding carboxylic acids is 2. The van der Waals surface area contributed by atoms with Crippen molar-refractivity contribution in [2.75, 3.05) is 70.8 Å². The van der Waals surface area contributed by atoms with Gasteiger partial charge in [-0.2, -0.15) is 0 Å². The van der Waals surface area contributed by atoms with Crippen molar-refractivity contribution in [1.29, 1.82) is 0 Å². The molecule has 29 heavy (non-hydrogen) atoms. The summed E-state index contributed by atoms with van der Waals surface area (Å²) in [5.41, 5.74) is 0.603. The molecule has 7 nitrogen and oxygen atoms in total. The van der Waals surface area contributed by atoms with Gasteiger partial charge >= 0.3 is 0 Å². The van der Waals surface area contributed by atoms with Crippen LogP contribution in [0.15, 0.2) is 24.3 Å². The molecule has 0 bridgehead atoms. The van der Waals surface area contributed by atoms with Gasteiger partial charge in [-0.1, -0.05) is 0 Å². The fourth-order valence-electron chi connectivity index (χ4n) is 3.43. The van der Waals surface area contributed by atoms with Gasteiger partial charge in [-0.15, -0.1) is 24.8 Å². The minimum atomic E-state index is -0.320. The second-order valence-corrected chi connectivity index (χ2v) is 7.05. The van der Waals surface area contributed by atoms with Gasteiger partial charge in [-0.3, -0.25) is 14.5 Å². The maximum absolute atomic E-state index is 12.9. The Labute approximate surface area is 183 Å². The van der Waals surface area contributed by atoms with Crippen molar-refractivity contribution in [3.63, 3.8) is 0 Å². The highest BCUT2D eigenvalue weighted by atomic mass is 35.5. The standard InChI is InChI=1S/C19H28FN5O2.2ClH/c20-16-1-3-17(4-2-16)22-18(26)15-24-13-11-23(12-14-24)8-5-19(27)25-9-6-21-7-10-25;;/h1-4,21H,5-15H2,(H,22,26);2*1H. The van der Waals surface area contributed by atoms with Crippen LogP contribution in [0.3, 0.4) is 0 Å². The van der Waals surface area contributed by atoms with Crippen molar-refractivity contribution in [2.24, 2.45) is 0 Å². The lowest BCUT2D eigenvalue weighted by Crippen LogP contribution is -2.50. The first kappa shape index (κ1) is 25.6. The van der Waals surface area contributed by atoms with Crippen LogP contribution in [-0.2, 0) is 9.59 Å². The Morgan fingerprint density at radius 2 is 1.52 bits per heavy atom. The molecule has 0 saturated carbocycles. The van der Waals surface area contributed by atoms with Gasteiger partial charge in [0.1, 0.15) is 5.82 Å². The second-order valence-electron chi connectivity index (χ2n) is 7.05. The molecule has 3 rings (SSSR count). The first-order valence-corrected chi connectivity index (χ1v) is 9.59. The molecule has 1 aromatic carbocycles. The molecule has 0 aliphatic carbocycles. The summed E-state index contributed by atoms with van der Waals surface area (Å²) in [6.07, 6.45) is 0.561. The summed E-state index contributed by atoms with van der Waals surface area (Å²) in [7, 11) is 0. The van der Waals surface area contributed by atoms with Crippen LogP contribution in [0.1, 0.15) is 6.42 Å². The molecule has 2 saturated heterocycles. The molecule has 2 fully saturated rings. The zero-order valence-electron chi connectivity index (χ0n) is 16.4. The van der Waals surface area contributed by atoms with Gasteiger partial charge in [0.2, 0.25) is 11.8 Å². The van der Waals surface area contributed by atoms with Crippen molar-refractivity contribution in [2.45, 2.75) is 6.42 Å². The van der Waals surface area contributed by atoms with E-state index in [9.17, 15) is 14.0 Å². The van der Waals surface area contributed by atoms with Gasteiger partial charge in [0.15, 0.2) is 0 Å². The molecule has 0 aromatic heterocycles. The van der Waals surface area contributed by atoms with E-state index in [-0.39, 0.29) is 42.4 Å². The van der Waals surface area contributed by atoms with Crippen LogP contribution >= 0.6 is 24.8 Å². The topological polar surface area (TPSA) is 67.9 Å². The lowest BCUT2D eigenvalue weighted by Gasteiger charge is -2.34. The molecule has 0 radical (unpaired) electrons. The van der Waals surface area contributed by atoms with Crippen LogP contribution in [-0.4, -0.2) is 92.0 Å². The number of carbonyl (C=O) groups is 2.